The first-order chi connectivity index (χ1) is 8.61. The molecule has 1 saturated carbocycles. The number of aromatic nitrogens is 1. The number of aliphatic hydroxyl groups is 1. The van der Waals surface area contributed by atoms with Gasteiger partial charge in [-0.05, 0) is 25.8 Å². The summed E-state index contributed by atoms with van der Waals surface area (Å²) in [4.78, 5) is 12.0. The van der Waals surface area contributed by atoms with E-state index >= 15 is 0 Å². The average molecular weight is 251 g/mol. The van der Waals surface area contributed by atoms with Gasteiger partial charge in [-0.2, -0.15) is 0 Å². The lowest BCUT2D eigenvalue weighted by Crippen LogP contribution is -2.33. The van der Waals surface area contributed by atoms with Crippen molar-refractivity contribution in [1.29, 1.82) is 0 Å². The van der Waals surface area contributed by atoms with E-state index in [4.69, 9.17) is 5.73 Å². The lowest BCUT2D eigenvalue weighted by molar-refractivity contribution is 0.0908. The first-order valence-electron chi connectivity index (χ1n) is 6.53. The second kappa shape index (κ2) is 5.44. The van der Waals surface area contributed by atoms with Crippen molar-refractivity contribution >= 4 is 11.6 Å². The third-order valence-electron chi connectivity index (χ3n) is 3.63. The Bertz CT molecular complexity index is 428. The van der Waals surface area contributed by atoms with Crippen molar-refractivity contribution in [2.75, 3.05) is 12.3 Å². The van der Waals surface area contributed by atoms with Crippen LogP contribution >= 0.6 is 0 Å². The van der Waals surface area contributed by atoms with Crippen molar-refractivity contribution in [2.45, 2.75) is 38.8 Å². The molecule has 1 aliphatic rings. The van der Waals surface area contributed by atoms with E-state index in [1.807, 2.05) is 11.5 Å². The number of nitrogens with zero attached hydrogens (tertiary/aromatic N) is 1. The van der Waals surface area contributed by atoms with Crippen LogP contribution in [-0.4, -0.2) is 28.2 Å². The molecule has 100 valence electrons. The minimum Gasteiger partial charge on any atom is -0.397 e. The van der Waals surface area contributed by atoms with Crippen molar-refractivity contribution in [1.82, 2.24) is 9.88 Å². The molecular formula is C13H21N3O2. The monoisotopic (exact) mass is 251 g/mol. The molecule has 2 atom stereocenters. The average Bonchev–Trinajstić information content (AvgIpc) is 2.92. The molecule has 1 amide bonds. The summed E-state index contributed by atoms with van der Waals surface area (Å²) in [5, 5.41) is 12.6. The molecule has 0 spiro atoms. The van der Waals surface area contributed by atoms with E-state index in [1.165, 1.54) is 0 Å². The van der Waals surface area contributed by atoms with Gasteiger partial charge in [0.25, 0.3) is 5.91 Å². The summed E-state index contributed by atoms with van der Waals surface area (Å²) >= 11 is 0. The van der Waals surface area contributed by atoms with Crippen molar-refractivity contribution < 1.29 is 9.90 Å². The fourth-order valence-electron chi connectivity index (χ4n) is 2.55. The van der Waals surface area contributed by atoms with Crippen molar-refractivity contribution in [3.05, 3.63) is 18.0 Å². The maximum atomic E-state index is 12.0. The van der Waals surface area contributed by atoms with Gasteiger partial charge in [-0.3, -0.25) is 4.79 Å². The van der Waals surface area contributed by atoms with Crippen molar-refractivity contribution in [3.63, 3.8) is 0 Å². The highest BCUT2D eigenvalue weighted by Crippen LogP contribution is 2.24. The lowest BCUT2D eigenvalue weighted by Gasteiger charge is -2.15. The van der Waals surface area contributed by atoms with E-state index < -0.39 is 0 Å². The summed E-state index contributed by atoms with van der Waals surface area (Å²) in [6.45, 7) is 3.22. The van der Waals surface area contributed by atoms with Gasteiger partial charge in [-0.25, -0.2) is 0 Å². The number of nitrogens with two attached hydrogens (primary N) is 1. The Morgan fingerprint density at radius 2 is 2.39 bits per heavy atom. The molecule has 2 unspecified atom stereocenters. The van der Waals surface area contributed by atoms with Crippen LogP contribution in [0.5, 0.6) is 0 Å². The highest BCUT2D eigenvalue weighted by Gasteiger charge is 2.25. The maximum Gasteiger partial charge on any atom is 0.267 e. The molecule has 18 heavy (non-hydrogen) atoms. The minimum absolute atomic E-state index is 0.118. The van der Waals surface area contributed by atoms with Gasteiger partial charge in [-0.15, -0.1) is 0 Å². The minimum atomic E-state index is -0.270. The highest BCUT2D eigenvalue weighted by atomic mass is 16.3. The molecule has 0 radical (unpaired) electrons. The Morgan fingerprint density at radius 3 is 3.00 bits per heavy atom. The number of hydrogen-bond donors (Lipinski definition) is 3. The second-order valence-corrected chi connectivity index (χ2v) is 4.91. The summed E-state index contributed by atoms with van der Waals surface area (Å²) in [5.41, 5.74) is 6.88. The zero-order valence-corrected chi connectivity index (χ0v) is 10.7. The molecule has 1 heterocycles. The van der Waals surface area contributed by atoms with Crippen LogP contribution in [0.15, 0.2) is 12.3 Å². The molecule has 4 N–H and O–H groups in total. The first-order valence-corrected chi connectivity index (χ1v) is 6.53. The number of carbonyl (C=O) groups excluding carboxylic acids is 1. The van der Waals surface area contributed by atoms with Crippen LogP contribution in [0.25, 0.3) is 0 Å². The number of nitrogens with one attached hydrogen (secondary N) is 1. The van der Waals surface area contributed by atoms with Crippen LogP contribution in [0, 0.1) is 5.92 Å². The van der Waals surface area contributed by atoms with E-state index in [2.05, 4.69) is 5.32 Å². The third-order valence-corrected chi connectivity index (χ3v) is 3.63. The number of aliphatic hydroxyl groups excluding tert-OH is 1. The number of hydrogen-bond acceptors (Lipinski definition) is 3. The van der Waals surface area contributed by atoms with Crippen LogP contribution in [0.4, 0.5) is 5.69 Å². The highest BCUT2D eigenvalue weighted by molar-refractivity contribution is 5.93. The number of carbonyl (C=O) groups is 1. The Kier molecular flexibility index (Phi) is 3.91. The largest absolute Gasteiger partial charge is 0.397 e. The molecule has 5 nitrogen and oxygen atoms in total. The normalized spacial score (nSPS) is 23.2. The Morgan fingerprint density at radius 1 is 1.61 bits per heavy atom. The zero-order valence-electron chi connectivity index (χ0n) is 10.7. The molecule has 1 aromatic heterocycles. The van der Waals surface area contributed by atoms with E-state index in [0.29, 0.717) is 24.5 Å². The van der Waals surface area contributed by atoms with Gasteiger partial charge in [0, 0.05) is 25.2 Å². The Labute approximate surface area is 107 Å². The third kappa shape index (κ3) is 2.67. The molecule has 0 aromatic carbocycles. The smallest absolute Gasteiger partial charge is 0.267 e. The molecule has 5 heteroatoms. The number of aryl methyl sites for hydroxylation is 1. The van der Waals surface area contributed by atoms with Crippen molar-refractivity contribution in [3.8, 4) is 0 Å². The summed E-state index contributed by atoms with van der Waals surface area (Å²) < 4.78 is 1.83. The molecule has 0 bridgehead atoms. The zero-order chi connectivity index (χ0) is 13.1. The Balaban J connectivity index is 1.94. The van der Waals surface area contributed by atoms with Crippen molar-refractivity contribution in [2.24, 2.45) is 5.92 Å². The molecule has 0 saturated heterocycles. The number of rotatable bonds is 4. The molecule has 1 aromatic rings. The Hall–Kier alpha value is -1.49. The molecule has 1 fully saturated rings. The lowest BCUT2D eigenvalue weighted by atomic mass is 10.1. The van der Waals surface area contributed by atoms with Gasteiger partial charge in [0.05, 0.1) is 11.8 Å². The van der Waals surface area contributed by atoms with Crippen LogP contribution in [0.3, 0.4) is 0 Å². The van der Waals surface area contributed by atoms with Gasteiger partial charge in [-0.1, -0.05) is 6.42 Å². The number of anilines is 1. The number of nitrogen functional groups attached to an aromatic ring is 1. The quantitative estimate of drug-likeness (QED) is 0.746. The number of amides is 1. The summed E-state index contributed by atoms with van der Waals surface area (Å²) in [5.74, 6) is 0.0731. The molecule has 2 rings (SSSR count). The fraction of sp³-hybridized carbons (Fsp3) is 0.615. The molecule has 0 aliphatic heterocycles. The topological polar surface area (TPSA) is 80.3 Å². The van der Waals surface area contributed by atoms with E-state index in [1.54, 1.807) is 12.3 Å². The molecular weight excluding hydrogens is 230 g/mol. The SMILES string of the molecule is CCn1cc(N)cc1C(=O)NCC1CCCC1O. The van der Waals surface area contributed by atoms with Crippen LogP contribution in [0.2, 0.25) is 0 Å². The summed E-state index contributed by atoms with van der Waals surface area (Å²) in [6, 6.07) is 1.68. The van der Waals surface area contributed by atoms with Gasteiger partial charge < -0.3 is 20.7 Å². The van der Waals surface area contributed by atoms with Crippen LogP contribution in [0.1, 0.15) is 36.7 Å². The maximum absolute atomic E-state index is 12.0. The second-order valence-electron chi connectivity index (χ2n) is 4.91. The first kappa shape index (κ1) is 13.0. The summed E-state index contributed by atoms with van der Waals surface area (Å²) in [7, 11) is 0. The van der Waals surface area contributed by atoms with E-state index in [0.717, 1.165) is 19.3 Å². The standard InChI is InChI=1S/C13H21N3O2/c1-2-16-8-10(14)6-11(16)13(18)15-7-9-4-3-5-12(9)17/h6,8-9,12,17H,2-5,7,14H2,1H3,(H,15,18). The predicted molar refractivity (Wildman–Crippen MR) is 70.2 cm³/mol. The van der Waals surface area contributed by atoms with E-state index in [9.17, 15) is 9.90 Å². The van der Waals surface area contributed by atoms with Gasteiger partial charge >= 0.3 is 0 Å². The summed E-state index contributed by atoms with van der Waals surface area (Å²) in [6.07, 6.45) is 4.37. The fourth-order valence-corrected chi connectivity index (χ4v) is 2.55. The van der Waals surface area contributed by atoms with Crippen LogP contribution in [-0.2, 0) is 6.54 Å². The van der Waals surface area contributed by atoms with Crippen LogP contribution < -0.4 is 11.1 Å². The predicted octanol–water partition coefficient (Wildman–Crippen LogP) is 0.981. The van der Waals surface area contributed by atoms with Gasteiger partial charge in [0.15, 0.2) is 0 Å². The van der Waals surface area contributed by atoms with E-state index in [-0.39, 0.29) is 17.9 Å². The molecule has 1 aliphatic carbocycles. The van der Waals surface area contributed by atoms with Gasteiger partial charge in [0.2, 0.25) is 0 Å². The van der Waals surface area contributed by atoms with Gasteiger partial charge in [0.1, 0.15) is 5.69 Å².